The van der Waals surface area contributed by atoms with Gasteiger partial charge in [0, 0.05) is 26.2 Å². The van der Waals surface area contributed by atoms with E-state index in [1.165, 1.54) is 0 Å². The molecule has 3 rings (SSSR count). The molecule has 0 atom stereocenters. The topological polar surface area (TPSA) is 48.5 Å². The van der Waals surface area contributed by atoms with Crippen LogP contribution in [-0.4, -0.2) is 53.9 Å². The SMILES string of the molecule is CN1CCN(C(=O)c2ccc(Nc3ccccc3Cl)cn2)CC1. The average Bonchev–Trinajstić information content (AvgIpc) is 2.58. The maximum absolute atomic E-state index is 12.4. The molecule has 1 aromatic heterocycles. The zero-order valence-corrected chi connectivity index (χ0v) is 13.8. The van der Waals surface area contributed by atoms with Crippen molar-refractivity contribution in [3.63, 3.8) is 0 Å². The molecule has 0 bridgehead atoms. The molecular weight excluding hydrogens is 312 g/mol. The lowest BCUT2D eigenvalue weighted by molar-refractivity contribution is 0.0658. The van der Waals surface area contributed by atoms with Crippen molar-refractivity contribution >= 4 is 28.9 Å². The molecule has 0 radical (unpaired) electrons. The second-order valence-electron chi connectivity index (χ2n) is 5.63. The van der Waals surface area contributed by atoms with E-state index in [-0.39, 0.29) is 5.91 Å². The van der Waals surface area contributed by atoms with Crippen molar-refractivity contribution in [1.29, 1.82) is 0 Å². The molecule has 2 heterocycles. The van der Waals surface area contributed by atoms with Crippen LogP contribution in [0.5, 0.6) is 0 Å². The molecule has 1 amide bonds. The van der Waals surface area contributed by atoms with Crippen LogP contribution < -0.4 is 5.32 Å². The third-order valence-electron chi connectivity index (χ3n) is 3.93. The largest absolute Gasteiger partial charge is 0.353 e. The van der Waals surface area contributed by atoms with Crippen LogP contribution in [0.15, 0.2) is 42.6 Å². The number of hydrogen-bond acceptors (Lipinski definition) is 4. The summed E-state index contributed by atoms with van der Waals surface area (Å²) in [7, 11) is 2.06. The molecule has 1 aliphatic rings. The van der Waals surface area contributed by atoms with E-state index in [9.17, 15) is 4.79 Å². The minimum absolute atomic E-state index is 0.0117. The van der Waals surface area contributed by atoms with Gasteiger partial charge in [-0.15, -0.1) is 0 Å². The highest BCUT2D eigenvalue weighted by atomic mass is 35.5. The highest BCUT2D eigenvalue weighted by molar-refractivity contribution is 6.33. The van der Waals surface area contributed by atoms with Gasteiger partial charge in [-0.25, -0.2) is 4.98 Å². The Balaban J connectivity index is 1.67. The number of benzene rings is 1. The zero-order valence-electron chi connectivity index (χ0n) is 13.0. The van der Waals surface area contributed by atoms with Gasteiger partial charge < -0.3 is 15.1 Å². The summed E-state index contributed by atoms with van der Waals surface area (Å²) >= 11 is 6.12. The number of nitrogens with one attached hydrogen (secondary N) is 1. The van der Waals surface area contributed by atoms with Gasteiger partial charge in [0.2, 0.25) is 0 Å². The number of halogens is 1. The quantitative estimate of drug-likeness (QED) is 0.940. The van der Waals surface area contributed by atoms with Gasteiger partial charge in [-0.05, 0) is 31.3 Å². The van der Waals surface area contributed by atoms with Crippen molar-refractivity contribution in [1.82, 2.24) is 14.8 Å². The van der Waals surface area contributed by atoms with Crippen molar-refractivity contribution in [2.75, 3.05) is 38.5 Å². The van der Waals surface area contributed by atoms with Crippen LogP contribution >= 0.6 is 11.6 Å². The first-order chi connectivity index (χ1) is 11.1. The van der Waals surface area contributed by atoms with Crippen LogP contribution in [0.4, 0.5) is 11.4 Å². The number of anilines is 2. The van der Waals surface area contributed by atoms with E-state index in [1.807, 2.05) is 35.2 Å². The Kier molecular flexibility index (Phi) is 4.79. The molecule has 0 saturated carbocycles. The fourth-order valence-electron chi connectivity index (χ4n) is 2.48. The number of rotatable bonds is 3. The summed E-state index contributed by atoms with van der Waals surface area (Å²) in [5.41, 5.74) is 2.08. The van der Waals surface area contributed by atoms with E-state index in [2.05, 4.69) is 22.2 Å². The highest BCUT2D eigenvalue weighted by Crippen LogP contribution is 2.24. The Morgan fingerprint density at radius 2 is 1.87 bits per heavy atom. The number of carbonyl (C=O) groups excluding carboxylic acids is 1. The Morgan fingerprint density at radius 1 is 1.13 bits per heavy atom. The molecule has 0 aliphatic carbocycles. The predicted molar refractivity (Wildman–Crippen MR) is 92.4 cm³/mol. The van der Waals surface area contributed by atoms with E-state index < -0.39 is 0 Å². The molecule has 2 aromatic rings. The van der Waals surface area contributed by atoms with Crippen molar-refractivity contribution in [3.8, 4) is 0 Å². The van der Waals surface area contributed by atoms with E-state index >= 15 is 0 Å². The molecule has 23 heavy (non-hydrogen) atoms. The maximum atomic E-state index is 12.4. The lowest BCUT2D eigenvalue weighted by Gasteiger charge is -2.32. The molecule has 0 spiro atoms. The first-order valence-electron chi connectivity index (χ1n) is 7.59. The Labute approximate surface area is 140 Å². The minimum Gasteiger partial charge on any atom is -0.353 e. The number of amides is 1. The summed E-state index contributed by atoms with van der Waals surface area (Å²) in [6, 6.07) is 11.1. The summed E-state index contributed by atoms with van der Waals surface area (Å²) in [6.45, 7) is 3.29. The Bertz CT molecular complexity index is 681. The molecule has 0 unspecified atom stereocenters. The molecular formula is C17H19ClN4O. The molecule has 1 aromatic carbocycles. The van der Waals surface area contributed by atoms with Gasteiger partial charge in [-0.3, -0.25) is 4.79 Å². The van der Waals surface area contributed by atoms with E-state index in [4.69, 9.17) is 11.6 Å². The van der Waals surface area contributed by atoms with Gasteiger partial charge in [0.25, 0.3) is 5.91 Å². The van der Waals surface area contributed by atoms with Crippen LogP contribution in [0.2, 0.25) is 5.02 Å². The summed E-state index contributed by atoms with van der Waals surface area (Å²) in [5, 5.41) is 3.84. The van der Waals surface area contributed by atoms with Gasteiger partial charge in [-0.1, -0.05) is 23.7 Å². The maximum Gasteiger partial charge on any atom is 0.272 e. The number of carbonyl (C=O) groups is 1. The normalized spacial score (nSPS) is 15.5. The zero-order chi connectivity index (χ0) is 16.2. The molecule has 6 heteroatoms. The summed E-state index contributed by atoms with van der Waals surface area (Å²) < 4.78 is 0. The number of pyridine rings is 1. The highest BCUT2D eigenvalue weighted by Gasteiger charge is 2.21. The van der Waals surface area contributed by atoms with Gasteiger partial charge in [-0.2, -0.15) is 0 Å². The molecule has 1 N–H and O–H groups in total. The van der Waals surface area contributed by atoms with Crippen molar-refractivity contribution < 1.29 is 4.79 Å². The summed E-state index contributed by atoms with van der Waals surface area (Å²) in [5.74, 6) is -0.0117. The predicted octanol–water partition coefficient (Wildman–Crippen LogP) is 2.87. The van der Waals surface area contributed by atoms with E-state index in [0.717, 1.165) is 37.6 Å². The van der Waals surface area contributed by atoms with Crippen LogP contribution in [0.25, 0.3) is 0 Å². The monoisotopic (exact) mass is 330 g/mol. The smallest absolute Gasteiger partial charge is 0.272 e. The molecule has 1 aliphatic heterocycles. The number of likely N-dealkylation sites (N-methyl/N-ethyl adjacent to an activating group) is 1. The number of hydrogen-bond donors (Lipinski definition) is 1. The second kappa shape index (κ2) is 6.98. The fraction of sp³-hybridized carbons (Fsp3) is 0.294. The van der Waals surface area contributed by atoms with Crippen LogP contribution in [0.3, 0.4) is 0 Å². The molecule has 120 valence electrons. The lowest BCUT2D eigenvalue weighted by Crippen LogP contribution is -2.47. The van der Waals surface area contributed by atoms with Gasteiger partial charge in [0.1, 0.15) is 5.69 Å². The van der Waals surface area contributed by atoms with E-state index in [1.54, 1.807) is 12.3 Å². The standard InChI is InChI=1S/C17H19ClN4O/c1-21-8-10-22(11-9-21)17(23)16-7-6-13(12-19-16)20-15-5-3-2-4-14(15)18/h2-7,12,20H,8-11H2,1H3. The second-order valence-corrected chi connectivity index (χ2v) is 6.04. The number of piperazine rings is 1. The fourth-order valence-corrected chi connectivity index (χ4v) is 2.67. The van der Waals surface area contributed by atoms with Crippen LogP contribution in [0.1, 0.15) is 10.5 Å². The molecule has 5 nitrogen and oxygen atoms in total. The van der Waals surface area contributed by atoms with Crippen LogP contribution in [0, 0.1) is 0 Å². The van der Waals surface area contributed by atoms with Crippen molar-refractivity contribution in [3.05, 3.63) is 53.3 Å². The number of aromatic nitrogens is 1. The van der Waals surface area contributed by atoms with Crippen molar-refractivity contribution in [2.24, 2.45) is 0 Å². The lowest BCUT2D eigenvalue weighted by atomic mass is 10.2. The third-order valence-corrected chi connectivity index (χ3v) is 4.26. The minimum atomic E-state index is -0.0117. The summed E-state index contributed by atoms with van der Waals surface area (Å²) in [6.07, 6.45) is 1.66. The molecule has 1 saturated heterocycles. The van der Waals surface area contributed by atoms with Gasteiger partial charge in [0.15, 0.2) is 0 Å². The van der Waals surface area contributed by atoms with Gasteiger partial charge in [0.05, 0.1) is 22.6 Å². The number of nitrogens with zero attached hydrogens (tertiary/aromatic N) is 3. The Hall–Kier alpha value is -2.11. The third kappa shape index (κ3) is 3.81. The first-order valence-corrected chi connectivity index (χ1v) is 7.97. The van der Waals surface area contributed by atoms with Gasteiger partial charge >= 0.3 is 0 Å². The van der Waals surface area contributed by atoms with E-state index in [0.29, 0.717) is 10.7 Å². The summed E-state index contributed by atoms with van der Waals surface area (Å²) in [4.78, 5) is 20.8. The van der Waals surface area contributed by atoms with Crippen molar-refractivity contribution in [2.45, 2.75) is 0 Å². The first kappa shape index (κ1) is 15.8. The Morgan fingerprint density at radius 3 is 2.52 bits per heavy atom. The van der Waals surface area contributed by atoms with Crippen LogP contribution in [-0.2, 0) is 0 Å². The molecule has 1 fully saturated rings. The number of para-hydroxylation sites is 1. The average molecular weight is 331 g/mol.